The minimum Gasteiger partial charge on any atom is -0.478 e. The molecule has 2 heterocycles. The van der Waals surface area contributed by atoms with Crippen LogP contribution in [-0.2, 0) is 16.1 Å². The van der Waals surface area contributed by atoms with E-state index < -0.39 is 5.97 Å². The number of aromatic carboxylic acids is 1. The molecule has 144 valence electrons. The summed E-state index contributed by atoms with van der Waals surface area (Å²) in [5.41, 5.74) is 3.81. The molecule has 7 nitrogen and oxygen atoms in total. The molecular weight excluding hydrogens is 358 g/mol. The molecule has 2 aliphatic heterocycles. The zero-order valence-electron chi connectivity index (χ0n) is 15.3. The van der Waals surface area contributed by atoms with Crippen LogP contribution in [0.4, 0.5) is 11.4 Å². The van der Waals surface area contributed by atoms with Crippen molar-refractivity contribution in [1.82, 2.24) is 4.90 Å². The maximum atomic E-state index is 12.3. The minimum absolute atomic E-state index is 0.147. The number of morpholine rings is 1. The molecule has 2 aromatic rings. The maximum absolute atomic E-state index is 12.3. The normalized spacial score (nSPS) is 18.0. The third kappa shape index (κ3) is 3.90. The topological polar surface area (TPSA) is 90.9 Å². The van der Waals surface area contributed by atoms with Crippen LogP contribution in [-0.4, -0.2) is 48.2 Å². The van der Waals surface area contributed by atoms with Crippen LogP contribution < -0.4 is 10.6 Å². The lowest BCUT2D eigenvalue weighted by molar-refractivity contribution is -0.110. The number of rotatable bonds is 5. The van der Waals surface area contributed by atoms with Gasteiger partial charge in [0, 0.05) is 42.8 Å². The first kappa shape index (κ1) is 18.2. The molecule has 1 saturated heterocycles. The molecule has 0 atom stereocenters. The summed E-state index contributed by atoms with van der Waals surface area (Å²) in [6.45, 7) is 4.21. The standard InChI is InChI=1S/C21H21N3O4/c25-20-18(17-11-15(21(26)27)4-5-19(17)23-20)12-22-16-3-1-2-14(10-16)13-24-6-8-28-9-7-24/h1-5,10-12,22H,6-9,13H2,(H,23,25)(H,26,27). The van der Waals surface area contributed by atoms with Gasteiger partial charge in [0.05, 0.1) is 24.4 Å². The lowest BCUT2D eigenvalue weighted by Gasteiger charge is -2.26. The molecule has 28 heavy (non-hydrogen) atoms. The van der Waals surface area contributed by atoms with Crippen LogP contribution in [0.2, 0.25) is 0 Å². The Bertz CT molecular complexity index is 948. The predicted octanol–water partition coefficient (Wildman–Crippen LogP) is 2.62. The minimum atomic E-state index is -1.02. The van der Waals surface area contributed by atoms with E-state index in [1.165, 1.54) is 17.7 Å². The Morgan fingerprint density at radius 1 is 1.21 bits per heavy atom. The van der Waals surface area contributed by atoms with Crippen LogP contribution in [0, 0.1) is 0 Å². The number of nitrogens with one attached hydrogen (secondary N) is 2. The number of hydrogen-bond donors (Lipinski definition) is 3. The lowest BCUT2D eigenvalue weighted by atomic mass is 10.0. The number of fused-ring (bicyclic) bond motifs is 1. The molecular formula is C21H21N3O4. The second-order valence-electron chi connectivity index (χ2n) is 6.81. The van der Waals surface area contributed by atoms with E-state index in [0.29, 0.717) is 16.8 Å². The largest absolute Gasteiger partial charge is 0.478 e. The molecule has 1 fully saturated rings. The van der Waals surface area contributed by atoms with Crippen LogP contribution in [0.1, 0.15) is 21.5 Å². The van der Waals surface area contributed by atoms with Crippen LogP contribution in [0.25, 0.3) is 5.57 Å². The van der Waals surface area contributed by atoms with Gasteiger partial charge >= 0.3 is 5.97 Å². The number of anilines is 2. The number of hydrogen-bond acceptors (Lipinski definition) is 5. The number of ether oxygens (including phenoxy) is 1. The van der Waals surface area contributed by atoms with E-state index in [9.17, 15) is 14.7 Å². The molecule has 1 amide bonds. The first-order valence-electron chi connectivity index (χ1n) is 9.15. The smallest absolute Gasteiger partial charge is 0.335 e. The molecule has 2 aliphatic rings. The zero-order valence-corrected chi connectivity index (χ0v) is 15.3. The molecule has 0 radical (unpaired) electrons. The lowest BCUT2D eigenvalue weighted by Crippen LogP contribution is -2.35. The highest BCUT2D eigenvalue weighted by molar-refractivity contribution is 6.32. The Morgan fingerprint density at radius 2 is 2.04 bits per heavy atom. The van der Waals surface area contributed by atoms with Crippen LogP contribution in [0.3, 0.4) is 0 Å². The summed E-state index contributed by atoms with van der Waals surface area (Å²) in [6.07, 6.45) is 1.63. The molecule has 3 N–H and O–H groups in total. The Kier molecular flexibility index (Phi) is 5.10. The Labute approximate surface area is 162 Å². The van der Waals surface area contributed by atoms with Gasteiger partial charge in [-0.15, -0.1) is 0 Å². The van der Waals surface area contributed by atoms with Crippen molar-refractivity contribution < 1.29 is 19.4 Å². The molecule has 0 aliphatic carbocycles. The van der Waals surface area contributed by atoms with Gasteiger partial charge in [-0.2, -0.15) is 0 Å². The van der Waals surface area contributed by atoms with E-state index in [1.807, 2.05) is 18.2 Å². The van der Waals surface area contributed by atoms with Gasteiger partial charge in [0.15, 0.2) is 0 Å². The van der Waals surface area contributed by atoms with Crippen molar-refractivity contribution in [1.29, 1.82) is 0 Å². The molecule has 4 rings (SSSR count). The second kappa shape index (κ2) is 7.84. The summed E-state index contributed by atoms with van der Waals surface area (Å²) >= 11 is 0. The Hall–Kier alpha value is -3.16. The maximum Gasteiger partial charge on any atom is 0.335 e. The number of carbonyl (C=O) groups excluding carboxylic acids is 1. The van der Waals surface area contributed by atoms with Crippen LogP contribution in [0.5, 0.6) is 0 Å². The van der Waals surface area contributed by atoms with Crippen molar-refractivity contribution in [3.8, 4) is 0 Å². The van der Waals surface area contributed by atoms with E-state index in [0.717, 1.165) is 38.5 Å². The Balaban J connectivity index is 1.52. The van der Waals surface area contributed by atoms with Crippen molar-refractivity contribution in [2.24, 2.45) is 0 Å². The fourth-order valence-corrected chi connectivity index (χ4v) is 3.40. The molecule has 0 saturated carbocycles. The van der Waals surface area contributed by atoms with E-state index in [2.05, 4.69) is 21.6 Å². The quantitative estimate of drug-likeness (QED) is 0.692. The summed E-state index contributed by atoms with van der Waals surface area (Å²) in [5, 5.41) is 15.1. The van der Waals surface area contributed by atoms with Gasteiger partial charge in [-0.25, -0.2) is 4.79 Å². The van der Waals surface area contributed by atoms with Crippen molar-refractivity contribution in [3.63, 3.8) is 0 Å². The van der Waals surface area contributed by atoms with Crippen LogP contribution in [0.15, 0.2) is 48.7 Å². The fraction of sp³-hybridized carbons (Fsp3) is 0.238. The molecule has 0 spiro atoms. The van der Waals surface area contributed by atoms with Gasteiger partial charge in [-0.3, -0.25) is 9.69 Å². The molecule has 0 aromatic heterocycles. The first-order valence-corrected chi connectivity index (χ1v) is 9.15. The highest BCUT2D eigenvalue weighted by Crippen LogP contribution is 2.32. The molecule has 0 unspecified atom stereocenters. The number of carboxylic acids is 1. The SMILES string of the molecule is O=C1Nc2ccc(C(=O)O)cc2C1=CNc1cccc(CN2CCOCC2)c1. The van der Waals surface area contributed by atoms with Crippen LogP contribution >= 0.6 is 0 Å². The third-order valence-corrected chi connectivity index (χ3v) is 4.87. The molecule has 7 heteroatoms. The van der Waals surface area contributed by atoms with Gasteiger partial charge in [0.25, 0.3) is 5.91 Å². The fourth-order valence-electron chi connectivity index (χ4n) is 3.40. The second-order valence-corrected chi connectivity index (χ2v) is 6.81. The number of carbonyl (C=O) groups is 2. The molecule has 0 bridgehead atoms. The predicted molar refractivity (Wildman–Crippen MR) is 106 cm³/mol. The number of nitrogens with zero attached hydrogens (tertiary/aromatic N) is 1. The summed E-state index contributed by atoms with van der Waals surface area (Å²) < 4.78 is 5.38. The van der Waals surface area contributed by atoms with E-state index in [1.54, 1.807) is 12.3 Å². The third-order valence-electron chi connectivity index (χ3n) is 4.87. The van der Waals surface area contributed by atoms with Crippen molar-refractivity contribution in [2.75, 3.05) is 36.9 Å². The highest BCUT2D eigenvalue weighted by atomic mass is 16.5. The van der Waals surface area contributed by atoms with Gasteiger partial charge < -0.3 is 20.5 Å². The van der Waals surface area contributed by atoms with Gasteiger partial charge in [-0.05, 0) is 35.9 Å². The highest BCUT2D eigenvalue weighted by Gasteiger charge is 2.25. The summed E-state index contributed by atoms with van der Waals surface area (Å²) in [6, 6.07) is 12.6. The van der Waals surface area contributed by atoms with Crippen molar-refractivity contribution >= 4 is 28.8 Å². The number of amides is 1. The summed E-state index contributed by atoms with van der Waals surface area (Å²) in [7, 11) is 0. The van der Waals surface area contributed by atoms with E-state index in [4.69, 9.17) is 4.74 Å². The average molecular weight is 379 g/mol. The van der Waals surface area contributed by atoms with Gasteiger partial charge in [0.2, 0.25) is 0 Å². The number of benzene rings is 2. The van der Waals surface area contributed by atoms with E-state index in [-0.39, 0.29) is 11.5 Å². The first-order chi connectivity index (χ1) is 13.6. The van der Waals surface area contributed by atoms with Crippen molar-refractivity contribution in [2.45, 2.75) is 6.54 Å². The van der Waals surface area contributed by atoms with Gasteiger partial charge in [-0.1, -0.05) is 12.1 Å². The average Bonchev–Trinajstić information content (AvgIpc) is 3.01. The van der Waals surface area contributed by atoms with Gasteiger partial charge in [0.1, 0.15) is 0 Å². The monoisotopic (exact) mass is 379 g/mol. The summed E-state index contributed by atoms with van der Waals surface area (Å²) in [5.74, 6) is -1.28. The number of carboxylic acid groups (broad SMARTS) is 1. The zero-order chi connectivity index (χ0) is 19.5. The molecule has 2 aromatic carbocycles. The Morgan fingerprint density at radius 3 is 2.82 bits per heavy atom. The van der Waals surface area contributed by atoms with Crippen molar-refractivity contribution in [3.05, 3.63) is 65.4 Å². The summed E-state index contributed by atoms with van der Waals surface area (Å²) in [4.78, 5) is 25.8. The van der Waals surface area contributed by atoms with E-state index >= 15 is 0 Å².